The van der Waals surface area contributed by atoms with Gasteiger partial charge in [-0.05, 0) is 31.5 Å². The minimum absolute atomic E-state index is 0.0961. The van der Waals surface area contributed by atoms with E-state index in [0.717, 1.165) is 19.4 Å². The van der Waals surface area contributed by atoms with E-state index in [1.807, 2.05) is 0 Å². The number of para-hydroxylation sites is 1. The first kappa shape index (κ1) is 13.7. The van der Waals surface area contributed by atoms with Gasteiger partial charge < -0.3 is 20.1 Å². The normalized spacial score (nSPS) is 18.3. The Kier molecular flexibility index (Phi) is 4.27. The molecule has 104 valence electrons. The third-order valence-corrected chi connectivity index (χ3v) is 3.45. The van der Waals surface area contributed by atoms with Crippen molar-refractivity contribution in [3.05, 3.63) is 23.8 Å². The number of hydrogen-bond acceptors (Lipinski definition) is 4. The third-order valence-electron chi connectivity index (χ3n) is 3.45. The molecule has 1 heterocycles. The Hall–Kier alpha value is -1.75. The predicted octanol–water partition coefficient (Wildman–Crippen LogP) is 1.22. The van der Waals surface area contributed by atoms with Gasteiger partial charge in [0.2, 0.25) is 0 Å². The van der Waals surface area contributed by atoms with Crippen LogP contribution < -0.4 is 10.1 Å². The lowest BCUT2D eigenvalue weighted by molar-refractivity contribution is 0.0780. The molecule has 1 fully saturated rings. The van der Waals surface area contributed by atoms with Crippen LogP contribution >= 0.6 is 0 Å². The fraction of sp³-hybridized carbons (Fsp3) is 0.500. The molecule has 2 rings (SSSR count). The van der Waals surface area contributed by atoms with E-state index in [4.69, 9.17) is 4.74 Å². The minimum Gasteiger partial charge on any atom is -0.504 e. The maximum atomic E-state index is 12.3. The molecule has 1 amide bonds. The van der Waals surface area contributed by atoms with Crippen LogP contribution in [0.5, 0.6) is 11.5 Å². The Morgan fingerprint density at radius 1 is 1.58 bits per heavy atom. The summed E-state index contributed by atoms with van der Waals surface area (Å²) in [6.45, 7) is 1.66. The second-order valence-electron chi connectivity index (χ2n) is 4.84. The molecule has 0 saturated carbocycles. The monoisotopic (exact) mass is 264 g/mol. The molecule has 1 atom stereocenters. The summed E-state index contributed by atoms with van der Waals surface area (Å²) in [5.41, 5.74) is 0.278. The number of nitrogens with zero attached hydrogens (tertiary/aromatic N) is 1. The van der Waals surface area contributed by atoms with Crippen molar-refractivity contribution in [1.82, 2.24) is 10.2 Å². The highest BCUT2D eigenvalue weighted by molar-refractivity contribution is 5.97. The Balaban J connectivity index is 2.09. The molecule has 0 aromatic heterocycles. The molecule has 1 aromatic rings. The van der Waals surface area contributed by atoms with Gasteiger partial charge >= 0.3 is 0 Å². The van der Waals surface area contributed by atoms with Gasteiger partial charge in [0, 0.05) is 19.6 Å². The lowest BCUT2D eigenvalue weighted by Gasteiger charge is -2.22. The first-order valence-corrected chi connectivity index (χ1v) is 6.48. The molecule has 0 bridgehead atoms. The molecule has 1 unspecified atom stereocenters. The number of nitrogens with one attached hydrogen (secondary N) is 1. The van der Waals surface area contributed by atoms with Crippen LogP contribution in [0.25, 0.3) is 0 Å². The number of hydrogen-bond donors (Lipinski definition) is 2. The smallest absolute Gasteiger partial charge is 0.257 e. The van der Waals surface area contributed by atoms with E-state index in [2.05, 4.69) is 5.32 Å². The maximum Gasteiger partial charge on any atom is 0.257 e. The molecular formula is C14H20N2O3. The molecule has 1 aliphatic rings. The van der Waals surface area contributed by atoms with E-state index in [9.17, 15) is 9.90 Å². The highest BCUT2D eigenvalue weighted by Gasteiger charge is 2.22. The molecular weight excluding hydrogens is 244 g/mol. The molecule has 1 aromatic carbocycles. The van der Waals surface area contributed by atoms with Crippen molar-refractivity contribution in [2.24, 2.45) is 0 Å². The number of rotatable bonds is 4. The van der Waals surface area contributed by atoms with Crippen LogP contribution in [-0.4, -0.2) is 49.2 Å². The lowest BCUT2D eigenvalue weighted by atomic mass is 10.1. The van der Waals surface area contributed by atoms with Crippen molar-refractivity contribution in [2.45, 2.75) is 18.9 Å². The number of carbonyl (C=O) groups excluding carboxylic acids is 1. The van der Waals surface area contributed by atoms with Crippen LogP contribution in [0.2, 0.25) is 0 Å². The Labute approximate surface area is 113 Å². The van der Waals surface area contributed by atoms with Gasteiger partial charge in [0.15, 0.2) is 11.5 Å². The zero-order valence-corrected chi connectivity index (χ0v) is 11.3. The number of methoxy groups -OCH3 is 1. The van der Waals surface area contributed by atoms with Gasteiger partial charge in [0.1, 0.15) is 0 Å². The number of benzene rings is 1. The van der Waals surface area contributed by atoms with E-state index in [-0.39, 0.29) is 17.2 Å². The number of likely N-dealkylation sites (N-methyl/N-ethyl adjacent to an activating group) is 1. The van der Waals surface area contributed by atoms with Crippen LogP contribution in [0.4, 0.5) is 0 Å². The molecule has 19 heavy (non-hydrogen) atoms. The maximum absolute atomic E-state index is 12.3. The molecule has 0 spiro atoms. The number of aromatic hydroxyl groups is 1. The summed E-state index contributed by atoms with van der Waals surface area (Å²) < 4.78 is 5.02. The molecule has 2 N–H and O–H groups in total. The summed E-state index contributed by atoms with van der Waals surface area (Å²) in [7, 11) is 3.22. The highest BCUT2D eigenvalue weighted by atomic mass is 16.5. The molecule has 0 radical (unpaired) electrons. The number of ether oxygens (including phenoxy) is 1. The topological polar surface area (TPSA) is 61.8 Å². The zero-order valence-electron chi connectivity index (χ0n) is 11.3. The van der Waals surface area contributed by atoms with Crippen LogP contribution in [0.3, 0.4) is 0 Å². The van der Waals surface area contributed by atoms with E-state index in [1.54, 1.807) is 30.1 Å². The van der Waals surface area contributed by atoms with E-state index in [1.165, 1.54) is 7.11 Å². The second kappa shape index (κ2) is 5.93. The summed E-state index contributed by atoms with van der Waals surface area (Å²) in [4.78, 5) is 13.9. The van der Waals surface area contributed by atoms with Crippen LogP contribution in [0.1, 0.15) is 23.2 Å². The fourth-order valence-corrected chi connectivity index (χ4v) is 2.39. The molecule has 5 nitrogen and oxygen atoms in total. The number of phenolic OH excluding ortho intramolecular Hbond substituents is 1. The largest absolute Gasteiger partial charge is 0.504 e. The van der Waals surface area contributed by atoms with Gasteiger partial charge in [-0.1, -0.05) is 6.07 Å². The van der Waals surface area contributed by atoms with Crippen molar-refractivity contribution in [2.75, 3.05) is 27.2 Å². The van der Waals surface area contributed by atoms with Gasteiger partial charge in [-0.25, -0.2) is 0 Å². The quantitative estimate of drug-likeness (QED) is 0.858. The second-order valence-corrected chi connectivity index (χ2v) is 4.84. The van der Waals surface area contributed by atoms with Crippen molar-refractivity contribution < 1.29 is 14.6 Å². The molecule has 0 aliphatic carbocycles. The molecule has 5 heteroatoms. The summed E-state index contributed by atoms with van der Waals surface area (Å²) in [6, 6.07) is 5.29. The Morgan fingerprint density at radius 3 is 3.00 bits per heavy atom. The summed E-state index contributed by atoms with van der Waals surface area (Å²) in [6.07, 6.45) is 2.23. The summed E-state index contributed by atoms with van der Waals surface area (Å²) in [5, 5.41) is 13.3. The SMILES string of the molecule is COc1cccc(C(=O)N(C)CC2CCCN2)c1O. The van der Waals surface area contributed by atoms with Gasteiger partial charge in [0.25, 0.3) is 5.91 Å². The Morgan fingerprint density at radius 2 is 2.37 bits per heavy atom. The minimum atomic E-state index is -0.190. The van der Waals surface area contributed by atoms with Crippen molar-refractivity contribution in [1.29, 1.82) is 0 Å². The number of amides is 1. The first-order valence-electron chi connectivity index (χ1n) is 6.48. The summed E-state index contributed by atoms with van der Waals surface area (Å²) >= 11 is 0. The number of phenols is 1. The van der Waals surface area contributed by atoms with Gasteiger partial charge in [-0.3, -0.25) is 4.79 Å². The summed E-state index contributed by atoms with van der Waals surface area (Å²) in [5.74, 6) is 0.0320. The standard InChI is InChI=1S/C14H20N2O3/c1-16(9-10-5-4-8-15-10)14(18)11-6-3-7-12(19-2)13(11)17/h3,6-7,10,15,17H,4-5,8-9H2,1-2H3. The van der Waals surface area contributed by atoms with Crippen molar-refractivity contribution in [3.63, 3.8) is 0 Å². The van der Waals surface area contributed by atoms with Crippen LogP contribution in [-0.2, 0) is 0 Å². The molecule has 1 saturated heterocycles. The van der Waals surface area contributed by atoms with E-state index < -0.39 is 0 Å². The Bertz CT molecular complexity index is 456. The predicted molar refractivity (Wildman–Crippen MR) is 72.6 cm³/mol. The average Bonchev–Trinajstić information content (AvgIpc) is 2.91. The van der Waals surface area contributed by atoms with Gasteiger partial charge in [0.05, 0.1) is 12.7 Å². The average molecular weight is 264 g/mol. The van der Waals surface area contributed by atoms with Crippen LogP contribution in [0, 0.1) is 0 Å². The van der Waals surface area contributed by atoms with E-state index in [0.29, 0.717) is 18.3 Å². The van der Waals surface area contributed by atoms with Gasteiger partial charge in [-0.2, -0.15) is 0 Å². The zero-order chi connectivity index (χ0) is 13.8. The molecule has 1 aliphatic heterocycles. The first-order chi connectivity index (χ1) is 9.13. The van der Waals surface area contributed by atoms with E-state index >= 15 is 0 Å². The highest BCUT2D eigenvalue weighted by Crippen LogP contribution is 2.30. The fourth-order valence-electron chi connectivity index (χ4n) is 2.39. The lowest BCUT2D eigenvalue weighted by Crippen LogP contribution is -2.38. The van der Waals surface area contributed by atoms with Crippen LogP contribution in [0.15, 0.2) is 18.2 Å². The van der Waals surface area contributed by atoms with Gasteiger partial charge in [-0.15, -0.1) is 0 Å². The van der Waals surface area contributed by atoms with Crippen molar-refractivity contribution in [3.8, 4) is 11.5 Å². The number of carbonyl (C=O) groups is 1. The van der Waals surface area contributed by atoms with Crippen molar-refractivity contribution >= 4 is 5.91 Å². The third kappa shape index (κ3) is 2.98.